The standard InChI is InChI=1S/C12H14N2S2/c1-9-3-2-4-11(5-9)15-8-12-14-10(6-13)7-16-12/h2-5,7H,6,8,13H2,1H3. The van der Waals surface area contributed by atoms with E-state index in [2.05, 4.69) is 36.2 Å². The van der Waals surface area contributed by atoms with Crippen LogP contribution in [0.25, 0.3) is 0 Å². The summed E-state index contributed by atoms with van der Waals surface area (Å²) in [7, 11) is 0. The van der Waals surface area contributed by atoms with Crippen LogP contribution in [0.15, 0.2) is 34.5 Å². The molecule has 0 aliphatic heterocycles. The number of nitrogens with zero attached hydrogens (tertiary/aromatic N) is 1. The number of benzene rings is 1. The number of aryl methyl sites for hydroxylation is 1. The highest BCUT2D eigenvalue weighted by molar-refractivity contribution is 7.98. The zero-order valence-electron chi connectivity index (χ0n) is 9.14. The van der Waals surface area contributed by atoms with Crippen molar-refractivity contribution in [3.05, 3.63) is 45.9 Å². The molecule has 1 aromatic heterocycles. The van der Waals surface area contributed by atoms with Crippen LogP contribution in [0, 0.1) is 6.92 Å². The molecule has 0 atom stereocenters. The SMILES string of the molecule is Cc1cccc(SCc2nc(CN)cs2)c1. The molecular formula is C12H14N2S2. The van der Waals surface area contributed by atoms with Gasteiger partial charge < -0.3 is 5.73 Å². The maximum Gasteiger partial charge on any atom is 0.103 e. The second-order valence-electron chi connectivity index (χ2n) is 3.54. The van der Waals surface area contributed by atoms with Gasteiger partial charge in [-0.3, -0.25) is 0 Å². The van der Waals surface area contributed by atoms with Crippen LogP contribution in [0.3, 0.4) is 0 Å². The number of thiazole rings is 1. The van der Waals surface area contributed by atoms with E-state index in [1.165, 1.54) is 10.5 Å². The summed E-state index contributed by atoms with van der Waals surface area (Å²) in [5.74, 6) is 0.925. The average molecular weight is 250 g/mol. The topological polar surface area (TPSA) is 38.9 Å². The monoisotopic (exact) mass is 250 g/mol. The molecule has 0 aliphatic carbocycles. The smallest absolute Gasteiger partial charge is 0.103 e. The Morgan fingerprint density at radius 1 is 1.44 bits per heavy atom. The highest BCUT2D eigenvalue weighted by Crippen LogP contribution is 2.24. The minimum absolute atomic E-state index is 0.533. The normalized spacial score (nSPS) is 10.6. The van der Waals surface area contributed by atoms with Crippen molar-refractivity contribution in [1.29, 1.82) is 0 Å². The second-order valence-corrected chi connectivity index (χ2v) is 5.53. The van der Waals surface area contributed by atoms with E-state index in [9.17, 15) is 0 Å². The van der Waals surface area contributed by atoms with E-state index in [4.69, 9.17) is 5.73 Å². The molecule has 0 saturated heterocycles. The van der Waals surface area contributed by atoms with Gasteiger partial charge in [-0.25, -0.2) is 4.98 Å². The largest absolute Gasteiger partial charge is 0.325 e. The van der Waals surface area contributed by atoms with Gasteiger partial charge in [-0.05, 0) is 19.1 Å². The minimum atomic E-state index is 0.533. The molecule has 0 aliphatic rings. The number of aromatic nitrogens is 1. The highest BCUT2D eigenvalue weighted by Gasteiger charge is 2.01. The molecule has 2 nitrogen and oxygen atoms in total. The van der Waals surface area contributed by atoms with Gasteiger partial charge in [0.25, 0.3) is 0 Å². The van der Waals surface area contributed by atoms with Crippen molar-refractivity contribution in [2.24, 2.45) is 5.73 Å². The van der Waals surface area contributed by atoms with E-state index in [1.54, 1.807) is 11.3 Å². The van der Waals surface area contributed by atoms with Crippen molar-refractivity contribution in [3.63, 3.8) is 0 Å². The summed E-state index contributed by atoms with van der Waals surface area (Å²) >= 11 is 3.50. The van der Waals surface area contributed by atoms with Crippen LogP contribution >= 0.6 is 23.1 Å². The molecule has 84 valence electrons. The van der Waals surface area contributed by atoms with Crippen molar-refractivity contribution >= 4 is 23.1 Å². The summed E-state index contributed by atoms with van der Waals surface area (Å²) in [4.78, 5) is 5.73. The Bertz CT molecular complexity index is 466. The van der Waals surface area contributed by atoms with E-state index in [0.717, 1.165) is 16.5 Å². The first-order chi connectivity index (χ1) is 7.78. The summed E-state index contributed by atoms with van der Waals surface area (Å²) in [6.45, 7) is 2.64. The molecule has 0 spiro atoms. The average Bonchev–Trinajstić information content (AvgIpc) is 2.74. The molecule has 2 aromatic rings. The van der Waals surface area contributed by atoms with E-state index in [-0.39, 0.29) is 0 Å². The number of thioether (sulfide) groups is 1. The first kappa shape index (κ1) is 11.6. The lowest BCUT2D eigenvalue weighted by Crippen LogP contribution is -1.96. The zero-order chi connectivity index (χ0) is 11.4. The summed E-state index contributed by atoms with van der Waals surface area (Å²) < 4.78 is 0. The first-order valence-corrected chi connectivity index (χ1v) is 6.97. The molecule has 0 saturated carbocycles. The minimum Gasteiger partial charge on any atom is -0.325 e. The quantitative estimate of drug-likeness (QED) is 0.847. The maximum atomic E-state index is 5.53. The Hall–Kier alpha value is -0.840. The molecule has 1 aromatic carbocycles. The van der Waals surface area contributed by atoms with Gasteiger partial charge in [-0.2, -0.15) is 0 Å². The van der Waals surface area contributed by atoms with Crippen molar-refractivity contribution in [3.8, 4) is 0 Å². The van der Waals surface area contributed by atoms with E-state index >= 15 is 0 Å². The third-order valence-electron chi connectivity index (χ3n) is 2.16. The lowest BCUT2D eigenvalue weighted by Gasteiger charge is -2.00. The lowest BCUT2D eigenvalue weighted by molar-refractivity contribution is 0.996. The molecule has 0 fully saturated rings. The summed E-state index contributed by atoms with van der Waals surface area (Å²) in [5, 5.41) is 3.18. The highest BCUT2D eigenvalue weighted by atomic mass is 32.2. The summed E-state index contributed by atoms with van der Waals surface area (Å²) in [6.07, 6.45) is 0. The van der Waals surface area contributed by atoms with E-state index < -0.39 is 0 Å². The molecule has 0 unspecified atom stereocenters. The van der Waals surface area contributed by atoms with Crippen LogP contribution in [0.4, 0.5) is 0 Å². The molecule has 0 amide bonds. The van der Waals surface area contributed by atoms with Crippen molar-refractivity contribution < 1.29 is 0 Å². The third-order valence-corrected chi connectivity index (χ3v) is 4.25. The Morgan fingerprint density at radius 2 is 2.31 bits per heavy atom. The fourth-order valence-electron chi connectivity index (χ4n) is 1.36. The van der Waals surface area contributed by atoms with Gasteiger partial charge >= 0.3 is 0 Å². The fourth-order valence-corrected chi connectivity index (χ4v) is 3.20. The molecule has 16 heavy (non-hydrogen) atoms. The predicted molar refractivity (Wildman–Crippen MR) is 70.7 cm³/mol. The third kappa shape index (κ3) is 3.07. The first-order valence-electron chi connectivity index (χ1n) is 5.11. The molecule has 0 bridgehead atoms. The fraction of sp³-hybridized carbons (Fsp3) is 0.250. The predicted octanol–water partition coefficient (Wildman–Crippen LogP) is 3.20. The van der Waals surface area contributed by atoms with Crippen LogP contribution < -0.4 is 5.73 Å². The van der Waals surface area contributed by atoms with Gasteiger partial charge in [-0.1, -0.05) is 17.7 Å². The van der Waals surface area contributed by atoms with Crippen LogP contribution in [0.1, 0.15) is 16.3 Å². The Kier molecular flexibility index (Phi) is 3.98. The molecule has 0 radical (unpaired) electrons. The number of hydrogen-bond acceptors (Lipinski definition) is 4. The number of nitrogens with two attached hydrogens (primary N) is 1. The molecular weight excluding hydrogens is 236 g/mol. The van der Waals surface area contributed by atoms with E-state index in [1.807, 2.05) is 17.1 Å². The number of rotatable bonds is 4. The van der Waals surface area contributed by atoms with E-state index in [0.29, 0.717) is 6.54 Å². The molecule has 1 heterocycles. The van der Waals surface area contributed by atoms with Crippen LogP contribution in [-0.4, -0.2) is 4.98 Å². The molecule has 2 rings (SSSR count). The Morgan fingerprint density at radius 3 is 3.00 bits per heavy atom. The number of hydrogen-bond donors (Lipinski definition) is 1. The van der Waals surface area contributed by atoms with Crippen LogP contribution in [0.2, 0.25) is 0 Å². The molecule has 4 heteroatoms. The zero-order valence-corrected chi connectivity index (χ0v) is 10.8. The van der Waals surface area contributed by atoms with Gasteiger partial charge in [0, 0.05) is 16.8 Å². The maximum absolute atomic E-state index is 5.53. The Balaban J connectivity index is 1.96. The Labute approximate surface area is 104 Å². The second kappa shape index (κ2) is 5.48. The van der Waals surface area contributed by atoms with Gasteiger partial charge in [0.1, 0.15) is 5.01 Å². The summed E-state index contributed by atoms with van der Waals surface area (Å²) in [5.41, 5.74) is 7.82. The lowest BCUT2D eigenvalue weighted by atomic mass is 10.2. The summed E-state index contributed by atoms with van der Waals surface area (Å²) in [6, 6.07) is 8.53. The van der Waals surface area contributed by atoms with Crippen LogP contribution in [0.5, 0.6) is 0 Å². The van der Waals surface area contributed by atoms with Crippen molar-refractivity contribution in [2.45, 2.75) is 24.1 Å². The van der Waals surface area contributed by atoms with Gasteiger partial charge in [0.15, 0.2) is 0 Å². The van der Waals surface area contributed by atoms with Gasteiger partial charge in [0.05, 0.1) is 11.4 Å². The molecule has 2 N–H and O–H groups in total. The van der Waals surface area contributed by atoms with Crippen molar-refractivity contribution in [2.75, 3.05) is 0 Å². The van der Waals surface area contributed by atoms with Crippen molar-refractivity contribution in [1.82, 2.24) is 4.98 Å². The van der Waals surface area contributed by atoms with Gasteiger partial charge in [-0.15, -0.1) is 23.1 Å². The van der Waals surface area contributed by atoms with Crippen LogP contribution in [-0.2, 0) is 12.3 Å². The van der Waals surface area contributed by atoms with Gasteiger partial charge in [0.2, 0.25) is 0 Å².